The van der Waals surface area contributed by atoms with Gasteiger partial charge in [0.15, 0.2) is 23.6 Å². The first-order chi connectivity index (χ1) is 24.1. The van der Waals surface area contributed by atoms with Crippen molar-refractivity contribution in [2.45, 2.75) is 70.3 Å². The predicted octanol–water partition coefficient (Wildman–Crippen LogP) is 10.5. The van der Waals surface area contributed by atoms with Gasteiger partial charge < -0.3 is 4.40 Å². The molecule has 3 nitrogen and oxygen atoms in total. The molecule has 0 amide bonds. The number of rotatable bonds is 0. The maximum atomic E-state index is 4.84. The largest absolute Gasteiger partial charge is 0.308 e. The van der Waals surface area contributed by atoms with Crippen LogP contribution in [-0.2, 0) is 22.8 Å². The highest BCUT2D eigenvalue weighted by Gasteiger charge is 2.59. The summed E-state index contributed by atoms with van der Waals surface area (Å²) >= 11 is 0. The van der Waals surface area contributed by atoms with Crippen LogP contribution in [0.5, 0.6) is 0 Å². The number of aromatic nitrogens is 3. The molecule has 2 aliphatic heterocycles. The third kappa shape index (κ3) is 3.75. The third-order valence-corrected chi connectivity index (χ3v) is 12.7. The van der Waals surface area contributed by atoms with E-state index in [2.05, 4.69) is 170 Å². The van der Waals surface area contributed by atoms with Crippen molar-refractivity contribution in [2.24, 2.45) is 0 Å². The van der Waals surface area contributed by atoms with Crippen LogP contribution < -0.4 is 9.13 Å². The van der Waals surface area contributed by atoms with Gasteiger partial charge in [0.1, 0.15) is 0 Å². The number of hydrogen-bond acceptors (Lipinski definition) is 0. The molecular formula is C47H43N3+2. The maximum absolute atomic E-state index is 4.84. The Balaban J connectivity index is 1.33. The highest BCUT2D eigenvalue weighted by atomic mass is 15.1. The first kappa shape index (κ1) is 29.6. The molecule has 0 saturated carbocycles. The molecule has 0 N–H and O–H groups in total. The van der Waals surface area contributed by atoms with Gasteiger partial charge in [0, 0.05) is 58.3 Å². The Morgan fingerprint density at radius 1 is 0.680 bits per heavy atom. The smallest absolute Gasteiger partial charge is 0.218 e. The Hall–Kier alpha value is -5.28. The summed E-state index contributed by atoms with van der Waals surface area (Å²) in [5.41, 5.74) is 13.9. The lowest BCUT2D eigenvalue weighted by molar-refractivity contribution is -0.766. The Labute approximate surface area is 294 Å². The summed E-state index contributed by atoms with van der Waals surface area (Å²) in [7, 11) is 0. The Morgan fingerprint density at radius 2 is 1.42 bits per heavy atom. The number of para-hydroxylation sites is 2. The standard InChI is InChI=1S/C47H43N3/c1-30-29-47(6)46(5,23-21-31-14-7-8-15-33(31)40-19-11-12-24-48(30)40)39-28-43-37(27-38(39)42-26-32(45(2,3)4)22-25-49(42)47)36-18-13-17-35-34-16-9-10-20-41(34)50(43)44(35)36/h7-20,22,24-28H,1,21,23,29H2,2-6H3/q+2. The van der Waals surface area contributed by atoms with Gasteiger partial charge in [-0.25, -0.2) is 0 Å². The molecule has 2 unspecified atom stereocenters. The maximum Gasteiger partial charge on any atom is 0.218 e. The molecule has 244 valence electrons. The number of fused-ring (bicyclic) bond motifs is 15. The molecule has 4 aromatic heterocycles. The van der Waals surface area contributed by atoms with Crippen LogP contribution in [0, 0.1) is 0 Å². The summed E-state index contributed by atoms with van der Waals surface area (Å²) in [6, 6.07) is 41.3. The van der Waals surface area contributed by atoms with Gasteiger partial charge >= 0.3 is 0 Å². The number of nitrogens with zero attached hydrogens (tertiary/aromatic N) is 3. The minimum atomic E-state index is -0.303. The van der Waals surface area contributed by atoms with Crippen LogP contribution in [0.1, 0.15) is 64.2 Å². The van der Waals surface area contributed by atoms with Crippen LogP contribution in [0.4, 0.5) is 0 Å². The van der Waals surface area contributed by atoms with Crippen molar-refractivity contribution in [3.8, 4) is 22.5 Å². The quantitative estimate of drug-likeness (QED) is 0.145. The van der Waals surface area contributed by atoms with E-state index in [-0.39, 0.29) is 16.4 Å². The van der Waals surface area contributed by atoms with Crippen LogP contribution in [0.15, 0.2) is 128 Å². The van der Waals surface area contributed by atoms with E-state index in [0.29, 0.717) is 0 Å². The second-order valence-corrected chi connectivity index (χ2v) is 16.4. The van der Waals surface area contributed by atoms with Crippen LogP contribution in [0.25, 0.3) is 66.3 Å². The molecule has 0 spiro atoms. The molecule has 2 aliphatic rings. The minimum absolute atomic E-state index is 0.0232. The van der Waals surface area contributed by atoms with E-state index in [0.717, 1.165) is 25.0 Å². The summed E-state index contributed by atoms with van der Waals surface area (Å²) in [5.74, 6) is 0. The van der Waals surface area contributed by atoms with Crippen LogP contribution in [-0.4, -0.2) is 4.40 Å². The Morgan fingerprint density at radius 3 is 2.26 bits per heavy atom. The van der Waals surface area contributed by atoms with E-state index >= 15 is 0 Å². The van der Waals surface area contributed by atoms with Crippen molar-refractivity contribution < 1.29 is 9.13 Å². The van der Waals surface area contributed by atoms with Crippen LogP contribution in [0.2, 0.25) is 0 Å². The second-order valence-electron chi connectivity index (χ2n) is 16.4. The van der Waals surface area contributed by atoms with E-state index in [9.17, 15) is 0 Å². The van der Waals surface area contributed by atoms with Crippen molar-refractivity contribution >= 4 is 43.8 Å². The van der Waals surface area contributed by atoms with Gasteiger partial charge in [-0.15, -0.1) is 0 Å². The molecule has 50 heavy (non-hydrogen) atoms. The second kappa shape index (κ2) is 9.91. The lowest BCUT2D eigenvalue weighted by Crippen LogP contribution is -2.68. The van der Waals surface area contributed by atoms with Crippen molar-refractivity contribution in [3.63, 3.8) is 0 Å². The zero-order valence-corrected chi connectivity index (χ0v) is 29.7. The van der Waals surface area contributed by atoms with Crippen LogP contribution in [0.3, 0.4) is 0 Å². The monoisotopic (exact) mass is 649 g/mol. The zero-order valence-electron chi connectivity index (χ0n) is 29.7. The summed E-state index contributed by atoms with van der Waals surface area (Å²) in [6.07, 6.45) is 7.40. The summed E-state index contributed by atoms with van der Waals surface area (Å²) in [6.45, 7) is 16.9. The molecular weight excluding hydrogens is 607 g/mol. The lowest BCUT2D eigenvalue weighted by atomic mass is 9.58. The molecule has 6 heterocycles. The SMILES string of the molecule is C=C1CC2(C)[n+]3ccc(C(C)(C)C)cc3-c3cc4c5cccc6c7ccccc7n(c4cc3C2(C)CCc2ccccc2-c2cccc[n+]21)c65. The topological polar surface area (TPSA) is 12.2 Å². The van der Waals surface area contributed by atoms with Gasteiger partial charge in [-0.05, 0) is 78.8 Å². The van der Waals surface area contributed by atoms with E-state index in [1.165, 1.54) is 77.3 Å². The average molecular weight is 650 g/mol. The molecule has 8 aromatic rings. The number of hydrogen-bond donors (Lipinski definition) is 0. The van der Waals surface area contributed by atoms with E-state index < -0.39 is 0 Å². The van der Waals surface area contributed by atoms with Gasteiger partial charge in [0.2, 0.25) is 11.4 Å². The molecule has 10 rings (SSSR count). The van der Waals surface area contributed by atoms with Gasteiger partial charge in [0.25, 0.3) is 0 Å². The van der Waals surface area contributed by atoms with Gasteiger partial charge in [-0.1, -0.05) is 75.4 Å². The van der Waals surface area contributed by atoms with Crippen molar-refractivity contribution in [3.05, 3.63) is 145 Å². The van der Waals surface area contributed by atoms with Crippen LogP contribution >= 0.6 is 0 Å². The molecule has 4 aromatic carbocycles. The van der Waals surface area contributed by atoms with E-state index in [4.69, 9.17) is 6.58 Å². The highest BCUT2D eigenvalue weighted by molar-refractivity contribution is 6.23. The summed E-state index contributed by atoms with van der Waals surface area (Å²) in [4.78, 5) is 0. The first-order valence-corrected chi connectivity index (χ1v) is 18.1. The fraction of sp³-hybridized carbons (Fsp3) is 0.234. The number of aryl methyl sites for hydroxylation is 1. The molecule has 3 heteroatoms. The molecule has 0 bridgehead atoms. The normalized spacial score (nSPS) is 20.5. The Bertz CT molecular complexity index is 2720. The minimum Gasteiger partial charge on any atom is -0.308 e. The number of pyridine rings is 2. The fourth-order valence-electron chi connectivity index (χ4n) is 9.78. The van der Waals surface area contributed by atoms with Gasteiger partial charge in [0.05, 0.1) is 33.9 Å². The molecule has 2 atom stereocenters. The molecule has 0 saturated heterocycles. The Kier molecular flexibility index (Phi) is 5.87. The van der Waals surface area contributed by atoms with Gasteiger partial charge in [-0.2, -0.15) is 9.13 Å². The molecule has 0 fully saturated rings. The van der Waals surface area contributed by atoms with Crippen molar-refractivity contribution in [1.29, 1.82) is 0 Å². The van der Waals surface area contributed by atoms with Gasteiger partial charge in [-0.3, -0.25) is 0 Å². The third-order valence-electron chi connectivity index (χ3n) is 12.7. The van der Waals surface area contributed by atoms with E-state index in [1.807, 2.05) is 0 Å². The lowest BCUT2D eigenvalue weighted by Gasteiger charge is -2.47. The predicted molar refractivity (Wildman–Crippen MR) is 207 cm³/mol. The van der Waals surface area contributed by atoms with E-state index in [1.54, 1.807) is 0 Å². The molecule has 0 aliphatic carbocycles. The van der Waals surface area contributed by atoms with Crippen molar-refractivity contribution in [1.82, 2.24) is 4.40 Å². The molecule has 0 radical (unpaired) electrons. The average Bonchev–Trinajstić information content (AvgIpc) is 3.64. The number of benzene rings is 4. The summed E-state index contributed by atoms with van der Waals surface area (Å²) < 4.78 is 7.52. The number of allylic oxidation sites excluding steroid dienone is 1. The first-order valence-electron chi connectivity index (χ1n) is 18.1. The highest BCUT2D eigenvalue weighted by Crippen LogP contribution is 2.54. The van der Waals surface area contributed by atoms with Crippen molar-refractivity contribution in [2.75, 3.05) is 0 Å². The summed E-state index contributed by atoms with van der Waals surface area (Å²) in [5, 5.41) is 5.31. The fourth-order valence-corrected chi connectivity index (χ4v) is 9.78. The zero-order chi connectivity index (χ0) is 34.2.